The van der Waals surface area contributed by atoms with Crippen LogP contribution in [0.25, 0.3) is 0 Å². The van der Waals surface area contributed by atoms with Gasteiger partial charge in [0.2, 0.25) is 5.95 Å². The second-order valence-corrected chi connectivity index (χ2v) is 6.99. The highest BCUT2D eigenvalue weighted by Crippen LogP contribution is 2.20. The van der Waals surface area contributed by atoms with E-state index in [1.165, 1.54) is 0 Å². The van der Waals surface area contributed by atoms with Crippen molar-refractivity contribution < 1.29 is 4.79 Å². The molecule has 138 valence electrons. The normalized spacial score (nSPS) is 10.6. The molecule has 0 atom stereocenters. The van der Waals surface area contributed by atoms with Gasteiger partial charge in [0.05, 0.1) is 0 Å². The van der Waals surface area contributed by atoms with E-state index in [-0.39, 0.29) is 5.91 Å². The van der Waals surface area contributed by atoms with Gasteiger partial charge in [0.15, 0.2) is 0 Å². The van der Waals surface area contributed by atoms with Crippen molar-refractivity contribution in [1.29, 1.82) is 0 Å². The van der Waals surface area contributed by atoms with Gasteiger partial charge >= 0.3 is 0 Å². The molecule has 0 spiro atoms. The molecule has 5 heteroatoms. The van der Waals surface area contributed by atoms with Gasteiger partial charge in [0, 0.05) is 17.1 Å². The van der Waals surface area contributed by atoms with Gasteiger partial charge in [0.25, 0.3) is 5.91 Å². The first-order chi connectivity index (χ1) is 12.8. The van der Waals surface area contributed by atoms with Gasteiger partial charge in [-0.1, -0.05) is 18.2 Å². The molecule has 0 unspecified atom stereocenters. The molecule has 3 aromatic rings. The van der Waals surface area contributed by atoms with Gasteiger partial charge in [-0.3, -0.25) is 4.79 Å². The Labute approximate surface area is 159 Å². The van der Waals surface area contributed by atoms with Crippen LogP contribution in [0.1, 0.15) is 38.4 Å². The minimum absolute atomic E-state index is 0.252. The summed E-state index contributed by atoms with van der Waals surface area (Å²) in [4.78, 5) is 21.5. The van der Waals surface area contributed by atoms with Gasteiger partial charge in [-0.25, -0.2) is 9.97 Å². The number of carbonyl (C=O) groups excluding carboxylic acids is 1. The molecule has 0 aliphatic heterocycles. The highest BCUT2D eigenvalue weighted by molar-refractivity contribution is 6.03. The number of aromatic nitrogens is 2. The van der Waals surface area contributed by atoms with E-state index in [1.54, 1.807) is 6.07 Å². The van der Waals surface area contributed by atoms with Crippen molar-refractivity contribution >= 4 is 23.2 Å². The minimum Gasteiger partial charge on any atom is -0.324 e. The van der Waals surface area contributed by atoms with Crippen molar-refractivity contribution in [3.63, 3.8) is 0 Å². The third-order valence-electron chi connectivity index (χ3n) is 4.21. The molecule has 2 aromatic carbocycles. The number of amides is 1. The highest BCUT2D eigenvalue weighted by atomic mass is 16.1. The third kappa shape index (κ3) is 4.70. The summed E-state index contributed by atoms with van der Waals surface area (Å²) < 4.78 is 0. The van der Waals surface area contributed by atoms with Crippen LogP contribution in [0.5, 0.6) is 0 Å². The summed E-state index contributed by atoms with van der Waals surface area (Å²) in [5, 5.41) is 6.15. The number of benzene rings is 2. The quantitative estimate of drug-likeness (QED) is 0.686. The summed E-state index contributed by atoms with van der Waals surface area (Å²) in [6.45, 7) is 9.89. The Hall–Kier alpha value is -3.21. The van der Waals surface area contributed by atoms with Gasteiger partial charge in [0.1, 0.15) is 5.69 Å². The lowest BCUT2D eigenvalue weighted by Gasteiger charge is -2.11. The number of nitrogens with one attached hydrogen (secondary N) is 2. The molecule has 27 heavy (non-hydrogen) atoms. The van der Waals surface area contributed by atoms with Gasteiger partial charge in [-0.15, -0.1) is 0 Å². The molecular formula is C22H24N4O. The zero-order valence-corrected chi connectivity index (χ0v) is 16.3. The fourth-order valence-electron chi connectivity index (χ4n) is 2.97. The highest BCUT2D eigenvalue weighted by Gasteiger charge is 2.12. The molecule has 1 amide bonds. The standard InChI is InChI=1S/C22H24N4O/c1-13-6-7-16(4)19(11-13)25-21(27)20-12-17(5)23-22(26-20)24-18-9-14(2)8-15(3)10-18/h6-12H,1-5H3,(H,25,27)(H,23,24,26). The lowest BCUT2D eigenvalue weighted by molar-refractivity contribution is 0.102. The maximum atomic E-state index is 12.7. The molecule has 0 fully saturated rings. The van der Waals surface area contributed by atoms with Gasteiger partial charge < -0.3 is 10.6 Å². The number of hydrogen-bond donors (Lipinski definition) is 2. The lowest BCUT2D eigenvalue weighted by atomic mass is 10.1. The molecule has 5 nitrogen and oxygen atoms in total. The Morgan fingerprint density at radius 3 is 2.22 bits per heavy atom. The van der Waals surface area contributed by atoms with E-state index in [9.17, 15) is 4.79 Å². The van der Waals surface area contributed by atoms with Crippen molar-refractivity contribution in [2.75, 3.05) is 10.6 Å². The Kier molecular flexibility index (Phi) is 5.21. The predicted molar refractivity (Wildman–Crippen MR) is 110 cm³/mol. The van der Waals surface area contributed by atoms with Crippen LogP contribution in [0.3, 0.4) is 0 Å². The van der Waals surface area contributed by atoms with Gasteiger partial charge in [-0.05, 0) is 81.1 Å². The summed E-state index contributed by atoms with van der Waals surface area (Å²) in [6.07, 6.45) is 0. The SMILES string of the molecule is Cc1cc(C)cc(Nc2nc(C)cc(C(=O)Nc3cc(C)ccc3C)n2)c1. The van der Waals surface area contributed by atoms with E-state index in [0.717, 1.165) is 39.3 Å². The van der Waals surface area contributed by atoms with Crippen LogP contribution in [0, 0.1) is 34.6 Å². The monoisotopic (exact) mass is 360 g/mol. The maximum Gasteiger partial charge on any atom is 0.274 e. The number of carbonyl (C=O) groups is 1. The van der Waals surface area contributed by atoms with Crippen LogP contribution >= 0.6 is 0 Å². The van der Waals surface area contributed by atoms with Gasteiger partial charge in [-0.2, -0.15) is 0 Å². The number of nitrogens with zero attached hydrogens (tertiary/aromatic N) is 2. The van der Waals surface area contributed by atoms with Crippen molar-refractivity contribution in [1.82, 2.24) is 9.97 Å². The van der Waals surface area contributed by atoms with Crippen LogP contribution in [0.15, 0.2) is 42.5 Å². The zero-order valence-electron chi connectivity index (χ0n) is 16.3. The van der Waals surface area contributed by atoms with Crippen molar-refractivity contribution in [2.45, 2.75) is 34.6 Å². The van der Waals surface area contributed by atoms with E-state index < -0.39 is 0 Å². The predicted octanol–water partition coefficient (Wildman–Crippen LogP) is 5.01. The van der Waals surface area contributed by atoms with Crippen LogP contribution < -0.4 is 10.6 Å². The Balaban J connectivity index is 1.86. The Morgan fingerprint density at radius 2 is 1.52 bits per heavy atom. The first kappa shape index (κ1) is 18.6. The van der Waals surface area contributed by atoms with E-state index >= 15 is 0 Å². The molecule has 3 rings (SSSR count). The maximum absolute atomic E-state index is 12.7. The molecule has 0 aliphatic rings. The first-order valence-corrected chi connectivity index (χ1v) is 8.90. The van der Waals surface area contributed by atoms with Crippen molar-refractivity contribution in [3.8, 4) is 0 Å². The Morgan fingerprint density at radius 1 is 0.815 bits per heavy atom. The van der Waals surface area contributed by atoms with E-state index in [0.29, 0.717) is 11.6 Å². The second kappa shape index (κ2) is 7.58. The molecule has 0 aliphatic carbocycles. The average Bonchev–Trinajstić information content (AvgIpc) is 2.56. The van der Waals surface area contributed by atoms with Crippen molar-refractivity contribution in [3.05, 3.63) is 76.1 Å². The molecule has 1 aromatic heterocycles. The van der Waals surface area contributed by atoms with Crippen LogP contribution in [0.2, 0.25) is 0 Å². The molecule has 0 radical (unpaired) electrons. The summed E-state index contributed by atoms with van der Waals surface area (Å²) in [6, 6.07) is 13.8. The fourth-order valence-corrected chi connectivity index (χ4v) is 2.97. The minimum atomic E-state index is -0.252. The van der Waals surface area contributed by atoms with E-state index in [2.05, 4.69) is 26.7 Å². The molecule has 0 bridgehead atoms. The molecular weight excluding hydrogens is 336 g/mol. The zero-order chi connectivity index (χ0) is 19.6. The lowest BCUT2D eigenvalue weighted by Crippen LogP contribution is -2.16. The topological polar surface area (TPSA) is 66.9 Å². The summed E-state index contributed by atoms with van der Waals surface area (Å²) >= 11 is 0. The number of rotatable bonds is 4. The number of anilines is 3. The van der Waals surface area contributed by atoms with Crippen LogP contribution in [-0.2, 0) is 0 Å². The van der Waals surface area contributed by atoms with E-state index in [1.807, 2.05) is 65.0 Å². The number of aryl methyl sites for hydroxylation is 5. The Bertz CT molecular complexity index is 991. The smallest absolute Gasteiger partial charge is 0.274 e. The molecule has 0 saturated heterocycles. The van der Waals surface area contributed by atoms with E-state index in [4.69, 9.17) is 0 Å². The molecule has 1 heterocycles. The second-order valence-electron chi connectivity index (χ2n) is 6.99. The summed E-state index contributed by atoms with van der Waals surface area (Å²) in [5.74, 6) is 0.156. The fraction of sp³-hybridized carbons (Fsp3) is 0.227. The van der Waals surface area contributed by atoms with Crippen LogP contribution in [-0.4, -0.2) is 15.9 Å². The third-order valence-corrected chi connectivity index (χ3v) is 4.21. The first-order valence-electron chi connectivity index (χ1n) is 8.90. The number of hydrogen-bond acceptors (Lipinski definition) is 4. The molecule has 2 N–H and O–H groups in total. The largest absolute Gasteiger partial charge is 0.324 e. The average molecular weight is 360 g/mol. The van der Waals surface area contributed by atoms with Crippen LogP contribution in [0.4, 0.5) is 17.3 Å². The summed E-state index contributed by atoms with van der Waals surface area (Å²) in [5.41, 5.74) is 7.15. The molecule has 0 saturated carbocycles. The van der Waals surface area contributed by atoms with Crippen molar-refractivity contribution in [2.24, 2.45) is 0 Å². The summed E-state index contributed by atoms with van der Waals surface area (Å²) in [7, 11) is 0.